The van der Waals surface area contributed by atoms with Crippen molar-refractivity contribution < 1.29 is 23.0 Å². The maximum Gasteiger partial charge on any atom is 0.253 e. The zero-order valence-corrected chi connectivity index (χ0v) is 19.1. The monoisotopic (exact) mass is 475 g/mol. The molecule has 0 bridgehead atoms. The van der Waals surface area contributed by atoms with Crippen molar-refractivity contribution in [3.05, 3.63) is 43.2 Å². The van der Waals surface area contributed by atoms with E-state index in [0.29, 0.717) is 13.2 Å². The Kier molecular flexibility index (Phi) is 8.20. The van der Waals surface area contributed by atoms with Gasteiger partial charge >= 0.3 is 0 Å². The fourth-order valence-electron chi connectivity index (χ4n) is 2.95. The van der Waals surface area contributed by atoms with Gasteiger partial charge in [-0.3, -0.25) is 9.59 Å². The van der Waals surface area contributed by atoms with Crippen LogP contribution in [0.5, 0.6) is 0 Å². The van der Waals surface area contributed by atoms with Crippen LogP contribution < -0.4 is 26.6 Å². The zero-order valence-electron chi connectivity index (χ0n) is 17.6. The third kappa shape index (κ3) is 5.43. The number of hydrogen-bond donors (Lipinski definition) is 4. The summed E-state index contributed by atoms with van der Waals surface area (Å²) in [4.78, 5) is 23.9. The van der Waals surface area contributed by atoms with Crippen LogP contribution in [0, 0.1) is 5.92 Å². The van der Waals surface area contributed by atoms with E-state index in [-0.39, 0.29) is 39.6 Å². The highest BCUT2D eigenvalue weighted by molar-refractivity contribution is 7.89. The second-order valence-corrected chi connectivity index (χ2v) is 9.06. The molecule has 172 valence electrons. The topological polar surface area (TPSA) is 157 Å². The quantitative estimate of drug-likeness (QED) is 0.278. The van der Waals surface area contributed by atoms with Crippen LogP contribution in [0.2, 0.25) is 5.02 Å². The van der Waals surface area contributed by atoms with Crippen molar-refractivity contribution in [3.8, 4) is 0 Å². The molecule has 0 spiro atoms. The average Bonchev–Trinajstić information content (AvgIpc) is 2.70. The van der Waals surface area contributed by atoms with E-state index < -0.39 is 32.1 Å². The lowest BCUT2D eigenvalue weighted by Crippen LogP contribution is -2.41. The van der Waals surface area contributed by atoms with Gasteiger partial charge in [0.15, 0.2) is 6.29 Å². The van der Waals surface area contributed by atoms with Crippen LogP contribution in [-0.2, 0) is 19.5 Å². The van der Waals surface area contributed by atoms with Crippen molar-refractivity contribution >= 4 is 38.7 Å². The summed E-state index contributed by atoms with van der Waals surface area (Å²) < 4.78 is 34.4. The van der Waals surface area contributed by atoms with Crippen molar-refractivity contribution in [2.75, 3.05) is 31.0 Å². The number of halogens is 1. The molecule has 0 saturated carbocycles. The van der Waals surface area contributed by atoms with Crippen LogP contribution in [-0.4, -0.2) is 39.9 Å². The van der Waals surface area contributed by atoms with Gasteiger partial charge in [-0.05, 0) is 25.0 Å². The number of methoxy groups -OCH3 is 1. The minimum Gasteiger partial charge on any atom is -0.380 e. The Morgan fingerprint density at radius 3 is 2.32 bits per heavy atom. The van der Waals surface area contributed by atoms with Crippen LogP contribution >= 0.6 is 11.6 Å². The minimum atomic E-state index is -4.36. The van der Waals surface area contributed by atoms with Gasteiger partial charge < -0.3 is 25.2 Å². The summed E-state index contributed by atoms with van der Waals surface area (Å²) in [6.45, 7) is 6.51. The number of benzene rings is 1. The summed E-state index contributed by atoms with van der Waals surface area (Å²) >= 11 is 5.99. The largest absolute Gasteiger partial charge is 0.380 e. The number of aliphatic hydroxyl groups is 1. The standard InChI is InChI=1S/C19H26ClN3O7S/c1-5-30-8-12(9(2)3)23-15-14(16(24)17(15)25)22-11-7-6-10(20)18(31(21,27)28)13(11)19(26)29-4/h6-7,9,12,19,22-23,26H,5,8H2,1-4H3,(H2,21,27,28). The SMILES string of the molecule is CCOCC(Nc1c(Nc2ccc(Cl)c(S(N)(=O)=O)c2C(O)OC)c(=O)c1=O)C(C)C. The van der Waals surface area contributed by atoms with E-state index in [1.165, 1.54) is 12.1 Å². The third-order valence-corrected chi connectivity index (χ3v) is 6.14. The molecule has 0 fully saturated rings. The van der Waals surface area contributed by atoms with Crippen molar-refractivity contribution in [2.45, 2.75) is 38.0 Å². The molecule has 2 aromatic carbocycles. The summed E-state index contributed by atoms with van der Waals surface area (Å²) in [6, 6.07) is 2.33. The number of anilines is 3. The summed E-state index contributed by atoms with van der Waals surface area (Å²) in [5.74, 6) is 0.0826. The van der Waals surface area contributed by atoms with Gasteiger partial charge in [0.2, 0.25) is 10.0 Å². The predicted molar refractivity (Wildman–Crippen MR) is 118 cm³/mol. The minimum absolute atomic E-state index is 0.0103. The number of rotatable bonds is 11. The molecule has 2 atom stereocenters. The van der Waals surface area contributed by atoms with Gasteiger partial charge in [0.1, 0.15) is 16.3 Å². The fourth-order valence-corrected chi connectivity index (χ4v) is 4.29. The normalized spacial score (nSPS) is 14.1. The van der Waals surface area contributed by atoms with E-state index in [2.05, 4.69) is 10.6 Å². The maximum absolute atomic E-state index is 12.2. The molecule has 10 nitrogen and oxygen atoms in total. The number of ether oxygens (including phenoxy) is 2. The van der Waals surface area contributed by atoms with Gasteiger partial charge in [0.25, 0.3) is 10.9 Å². The smallest absolute Gasteiger partial charge is 0.253 e. The highest BCUT2D eigenvalue weighted by Gasteiger charge is 2.30. The molecule has 12 heteroatoms. The molecule has 0 heterocycles. The van der Waals surface area contributed by atoms with Gasteiger partial charge in [0.05, 0.1) is 23.2 Å². The van der Waals surface area contributed by atoms with Gasteiger partial charge in [0, 0.05) is 19.4 Å². The van der Waals surface area contributed by atoms with Crippen LogP contribution in [0.25, 0.3) is 0 Å². The zero-order chi connectivity index (χ0) is 23.5. The molecule has 2 unspecified atom stereocenters. The Morgan fingerprint density at radius 2 is 1.81 bits per heavy atom. The first kappa shape index (κ1) is 25.2. The maximum atomic E-state index is 12.2. The van der Waals surface area contributed by atoms with E-state index in [9.17, 15) is 23.1 Å². The first-order chi connectivity index (χ1) is 14.4. The van der Waals surface area contributed by atoms with Crippen molar-refractivity contribution in [2.24, 2.45) is 11.1 Å². The molecule has 0 aliphatic rings. The Labute approximate surface area is 185 Å². The molecule has 2 rings (SSSR count). The first-order valence-corrected chi connectivity index (χ1v) is 11.4. The molecule has 0 aromatic heterocycles. The Hall–Kier alpha value is -2.02. The van der Waals surface area contributed by atoms with Crippen LogP contribution in [0.4, 0.5) is 17.1 Å². The molecule has 31 heavy (non-hydrogen) atoms. The van der Waals surface area contributed by atoms with E-state index >= 15 is 0 Å². The van der Waals surface area contributed by atoms with Gasteiger partial charge in [-0.2, -0.15) is 0 Å². The van der Waals surface area contributed by atoms with Crippen LogP contribution in [0.1, 0.15) is 32.6 Å². The third-order valence-electron chi connectivity index (χ3n) is 4.71. The van der Waals surface area contributed by atoms with Crippen LogP contribution in [0.15, 0.2) is 26.6 Å². The van der Waals surface area contributed by atoms with E-state index in [0.717, 1.165) is 7.11 Å². The molecule has 0 saturated heterocycles. The van der Waals surface area contributed by atoms with E-state index in [4.69, 9.17) is 26.2 Å². The summed E-state index contributed by atoms with van der Waals surface area (Å²) in [7, 11) is -3.21. The summed E-state index contributed by atoms with van der Waals surface area (Å²) in [5.41, 5.74) is -1.87. The number of primary sulfonamides is 1. The second kappa shape index (κ2) is 10.1. The molecule has 0 aliphatic carbocycles. The lowest BCUT2D eigenvalue weighted by molar-refractivity contribution is -0.0782. The molecule has 0 amide bonds. The van der Waals surface area contributed by atoms with Crippen molar-refractivity contribution in [1.29, 1.82) is 0 Å². The molecule has 0 aliphatic heterocycles. The lowest BCUT2D eigenvalue weighted by atomic mass is 10.0. The Balaban J connectivity index is 2.53. The summed E-state index contributed by atoms with van der Waals surface area (Å²) in [6.07, 6.45) is -1.72. The van der Waals surface area contributed by atoms with Crippen molar-refractivity contribution in [3.63, 3.8) is 0 Å². The molecule has 2 aromatic rings. The highest BCUT2D eigenvalue weighted by atomic mass is 35.5. The fraction of sp³-hybridized carbons (Fsp3) is 0.474. The summed E-state index contributed by atoms with van der Waals surface area (Å²) in [5, 5.41) is 21.0. The number of nitrogens with two attached hydrogens (primary N) is 1. The Bertz CT molecular complexity index is 1110. The molecule has 5 N–H and O–H groups in total. The molecular formula is C19H26ClN3O7S. The van der Waals surface area contributed by atoms with E-state index in [1.54, 1.807) is 0 Å². The first-order valence-electron chi connectivity index (χ1n) is 9.44. The highest BCUT2D eigenvalue weighted by Crippen LogP contribution is 2.37. The van der Waals surface area contributed by atoms with Gasteiger partial charge in [-0.1, -0.05) is 25.4 Å². The molecular weight excluding hydrogens is 450 g/mol. The second-order valence-electron chi connectivity index (χ2n) is 7.16. The number of hydrogen-bond acceptors (Lipinski definition) is 9. The molecule has 0 radical (unpaired) electrons. The average molecular weight is 476 g/mol. The number of aliphatic hydroxyl groups excluding tert-OH is 1. The van der Waals surface area contributed by atoms with Crippen LogP contribution in [0.3, 0.4) is 0 Å². The predicted octanol–water partition coefficient (Wildman–Crippen LogP) is 1.44. The number of nitrogens with one attached hydrogen (secondary N) is 2. The number of sulfonamides is 1. The Morgan fingerprint density at radius 1 is 1.19 bits per heavy atom. The van der Waals surface area contributed by atoms with Gasteiger partial charge in [-0.25, -0.2) is 13.6 Å². The van der Waals surface area contributed by atoms with Crippen molar-refractivity contribution in [1.82, 2.24) is 0 Å². The van der Waals surface area contributed by atoms with E-state index in [1.807, 2.05) is 20.8 Å². The van der Waals surface area contributed by atoms with Gasteiger partial charge in [-0.15, -0.1) is 0 Å². The lowest BCUT2D eigenvalue weighted by Gasteiger charge is -2.26.